The van der Waals surface area contributed by atoms with Crippen LogP contribution in [0.3, 0.4) is 0 Å². The monoisotopic (exact) mass is 1150 g/mol. The van der Waals surface area contributed by atoms with E-state index >= 15 is 0 Å². The number of carbonyl (C=O) groups is 4. The molecule has 21 nitrogen and oxygen atoms in total. The van der Waals surface area contributed by atoms with E-state index in [1.807, 2.05) is 78.9 Å². The lowest BCUT2D eigenvalue weighted by atomic mass is 9.80. The van der Waals surface area contributed by atoms with E-state index in [0.717, 1.165) is 79.6 Å². The van der Waals surface area contributed by atoms with Crippen molar-refractivity contribution < 1.29 is 77.5 Å². The number of hydrogen-bond acceptors (Lipinski definition) is 17. The summed E-state index contributed by atoms with van der Waals surface area (Å²) in [5.41, 5.74) is 6.62. The molecule has 0 aromatic heterocycles. The zero-order valence-corrected chi connectivity index (χ0v) is 48.6. The fourth-order valence-corrected chi connectivity index (χ4v) is 10.6. The van der Waals surface area contributed by atoms with Gasteiger partial charge in [-0.2, -0.15) is 0 Å². The number of nitrogens with zero attached hydrogens (tertiary/aromatic N) is 1. The minimum Gasteiger partial charge on any atom is -0.497 e. The van der Waals surface area contributed by atoms with Crippen LogP contribution in [0.2, 0.25) is 0 Å². The second kappa shape index (κ2) is 36.4. The van der Waals surface area contributed by atoms with Crippen LogP contribution in [0, 0.1) is 0 Å². The maximum atomic E-state index is 13.8. The molecular weight excluding hydrogens is 1060 g/mol. The van der Waals surface area contributed by atoms with Gasteiger partial charge in [0.15, 0.2) is 6.29 Å². The van der Waals surface area contributed by atoms with Gasteiger partial charge in [0.1, 0.15) is 41.0 Å². The Kier molecular flexibility index (Phi) is 30.0. The number of hydrogen-bond donors (Lipinski definition) is 8. The zero-order chi connectivity index (χ0) is 59.2. The number of amides is 4. The van der Waals surface area contributed by atoms with Crippen molar-refractivity contribution in [3.63, 3.8) is 0 Å². The van der Waals surface area contributed by atoms with Crippen molar-refractivity contribution in [2.45, 2.75) is 157 Å². The zero-order valence-electron chi connectivity index (χ0n) is 48.6. The van der Waals surface area contributed by atoms with E-state index in [9.17, 15) is 39.6 Å². The average Bonchev–Trinajstić information content (AvgIpc) is 3.35. The lowest BCUT2D eigenvalue weighted by molar-refractivity contribution is -0.265. The molecule has 82 heavy (non-hydrogen) atoms. The molecule has 5 rings (SSSR count). The van der Waals surface area contributed by atoms with Crippen LogP contribution in [-0.2, 0) is 53.2 Å². The van der Waals surface area contributed by atoms with Crippen molar-refractivity contribution in [1.29, 1.82) is 0 Å². The van der Waals surface area contributed by atoms with Crippen molar-refractivity contribution in [3.05, 3.63) is 95.6 Å². The van der Waals surface area contributed by atoms with Crippen LogP contribution in [0.25, 0.3) is 0 Å². The third-order valence-electron chi connectivity index (χ3n) is 15.0. The summed E-state index contributed by atoms with van der Waals surface area (Å²) in [5.74, 6) is 0.972. The van der Waals surface area contributed by atoms with Gasteiger partial charge in [-0.3, -0.25) is 19.2 Å². The van der Waals surface area contributed by atoms with Crippen LogP contribution >= 0.6 is 0 Å². The highest BCUT2D eigenvalue weighted by molar-refractivity contribution is 5.78. The quantitative estimate of drug-likeness (QED) is 0.0295. The van der Waals surface area contributed by atoms with Crippen LogP contribution in [-0.4, -0.2) is 192 Å². The number of β-amino-alcohol motifs (C(OH)–C–C–N with tert-alkyl or cyclic N) is 1. The Labute approximate surface area is 484 Å². The number of rotatable bonds is 40. The lowest BCUT2D eigenvalue weighted by Crippen LogP contribution is -2.62. The topological polar surface area (TPSA) is 288 Å². The standard InChI is InChI=1S/C61H93N5O16/c1-75-41-60(42-76-2,43-79-36-32-53(70)64-34-18-33-63-52(69)21-16-17-35-80-59-56(62)58(74)57(73)51(39-67)82-59)65-54(71)22-14-9-7-5-6-8-10-15-23-55(72)66-38-48(68)37-47(66)40-81-61(44-19-12-11-13-20-44,45-24-28-49(77-3)29-25-45)46-26-30-50(78-4)31-27-46/h11-13,19-20,24-31,47-48,51,56-59,67-68,73-74H,5-10,14-18,21-23,32-43,62H2,1-4H3,(H,63,69)(H,64,70)(H,65,71)/t47-,48+,51?,56?,57?,58?,59?/m0/s1. The molecule has 2 fully saturated rings. The van der Waals surface area contributed by atoms with E-state index in [0.29, 0.717) is 51.6 Å². The molecule has 4 amide bonds. The first-order valence-corrected chi connectivity index (χ1v) is 29.1. The molecule has 9 N–H and O–H groups in total. The number of aliphatic hydroxyl groups excluding tert-OH is 4. The molecule has 0 bridgehead atoms. The molecule has 0 saturated carbocycles. The lowest BCUT2D eigenvalue weighted by Gasteiger charge is -2.40. The first-order chi connectivity index (χ1) is 39.7. The Hall–Kier alpha value is -5.30. The van der Waals surface area contributed by atoms with Crippen molar-refractivity contribution in [1.82, 2.24) is 20.9 Å². The molecule has 2 heterocycles. The van der Waals surface area contributed by atoms with Crippen molar-refractivity contribution in [2.75, 3.05) is 94.3 Å². The highest BCUT2D eigenvalue weighted by Crippen LogP contribution is 2.42. The predicted octanol–water partition coefficient (Wildman–Crippen LogP) is 4.01. The van der Waals surface area contributed by atoms with E-state index in [1.165, 1.54) is 14.2 Å². The largest absolute Gasteiger partial charge is 0.497 e. The fraction of sp³-hybridized carbons (Fsp3) is 0.639. The van der Waals surface area contributed by atoms with Gasteiger partial charge in [-0.15, -0.1) is 0 Å². The minimum absolute atomic E-state index is 0.0182. The second-order valence-electron chi connectivity index (χ2n) is 21.4. The molecule has 458 valence electrons. The Morgan fingerprint density at radius 2 is 1.17 bits per heavy atom. The minimum atomic E-state index is -1.31. The molecule has 0 spiro atoms. The van der Waals surface area contributed by atoms with Gasteiger partial charge in [-0.25, -0.2) is 0 Å². The molecule has 3 aromatic carbocycles. The molecule has 2 saturated heterocycles. The summed E-state index contributed by atoms with van der Waals surface area (Å²) in [7, 11) is 6.35. The Morgan fingerprint density at radius 1 is 0.634 bits per heavy atom. The summed E-state index contributed by atoms with van der Waals surface area (Å²) < 4.78 is 45.9. The molecule has 2 aliphatic heterocycles. The number of nitrogens with one attached hydrogen (secondary N) is 3. The Morgan fingerprint density at radius 3 is 1.74 bits per heavy atom. The van der Waals surface area contributed by atoms with Gasteiger partial charge in [0.2, 0.25) is 23.6 Å². The Bertz CT molecular complexity index is 2240. The normalized spacial score (nSPS) is 20.1. The van der Waals surface area contributed by atoms with Crippen LogP contribution in [0.15, 0.2) is 78.9 Å². The van der Waals surface area contributed by atoms with Gasteiger partial charge in [0.05, 0.1) is 72.0 Å². The van der Waals surface area contributed by atoms with Crippen molar-refractivity contribution in [3.8, 4) is 11.5 Å². The van der Waals surface area contributed by atoms with E-state index < -0.39 is 54.5 Å². The van der Waals surface area contributed by atoms with Crippen molar-refractivity contribution >= 4 is 23.6 Å². The Balaban J connectivity index is 0.925. The summed E-state index contributed by atoms with van der Waals surface area (Å²) in [6.07, 6.45) is 5.19. The molecule has 21 heteroatoms. The fourth-order valence-electron chi connectivity index (χ4n) is 10.6. The smallest absolute Gasteiger partial charge is 0.222 e. The highest BCUT2D eigenvalue weighted by atomic mass is 16.7. The SMILES string of the molecule is COCC(COC)(COCCC(=O)NCCCNC(=O)CCCCOC1OC(CO)C(O)C(O)C1N)NC(=O)CCCCCCCCCCC(=O)N1C[C@H](O)C[C@H]1COC(c1ccccc1)(c1ccc(OC)cc1)c1ccc(OC)cc1. The maximum Gasteiger partial charge on any atom is 0.222 e. The second-order valence-corrected chi connectivity index (χ2v) is 21.4. The van der Waals surface area contributed by atoms with Crippen LogP contribution < -0.4 is 31.2 Å². The van der Waals surface area contributed by atoms with Gasteiger partial charge >= 0.3 is 0 Å². The number of ether oxygens (including phenoxy) is 8. The molecule has 2 aliphatic rings. The summed E-state index contributed by atoms with van der Waals surface area (Å²) in [4.78, 5) is 53.5. The predicted molar refractivity (Wildman–Crippen MR) is 307 cm³/mol. The highest BCUT2D eigenvalue weighted by Gasteiger charge is 2.44. The molecule has 3 aromatic rings. The average molecular weight is 1150 g/mol. The number of carbonyl (C=O) groups excluding carboxylic acids is 4. The van der Waals surface area contributed by atoms with Crippen LogP contribution in [0.1, 0.15) is 119 Å². The molecule has 7 atom stereocenters. The first kappa shape index (κ1) is 67.5. The summed E-state index contributed by atoms with van der Waals surface area (Å²) >= 11 is 0. The van der Waals surface area contributed by atoms with E-state index in [1.54, 1.807) is 19.1 Å². The van der Waals surface area contributed by atoms with E-state index in [-0.39, 0.29) is 88.7 Å². The number of methoxy groups -OCH3 is 4. The van der Waals surface area contributed by atoms with Crippen LogP contribution in [0.4, 0.5) is 0 Å². The van der Waals surface area contributed by atoms with Crippen LogP contribution in [0.5, 0.6) is 11.5 Å². The maximum absolute atomic E-state index is 13.8. The van der Waals surface area contributed by atoms with Gasteiger partial charge in [0, 0.05) is 66.1 Å². The van der Waals surface area contributed by atoms with Gasteiger partial charge < -0.3 is 84.9 Å². The third kappa shape index (κ3) is 21.1. The summed E-state index contributed by atoms with van der Waals surface area (Å²) in [6, 6.07) is 24.4. The number of unbranched alkanes of at least 4 members (excludes halogenated alkanes) is 8. The van der Waals surface area contributed by atoms with Gasteiger partial charge in [-0.1, -0.05) is 93.1 Å². The van der Waals surface area contributed by atoms with Gasteiger partial charge in [0.25, 0.3) is 0 Å². The first-order valence-electron chi connectivity index (χ1n) is 29.1. The molecule has 5 unspecified atom stereocenters. The molecular formula is C61H93N5O16. The third-order valence-corrected chi connectivity index (χ3v) is 15.0. The van der Waals surface area contributed by atoms with Gasteiger partial charge in [-0.05, 0) is 79.5 Å². The summed E-state index contributed by atoms with van der Waals surface area (Å²) in [6.45, 7) is 1.44. The number of likely N-dealkylation sites (tertiary alicyclic amines) is 1. The summed E-state index contributed by atoms with van der Waals surface area (Å²) in [5, 5.41) is 48.9. The molecule has 0 aliphatic carbocycles. The number of nitrogens with two attached hydrogens (primary N) is 1. The molecule has 0 radical (unpaired) electrons. The number of benzene rings is 3. The van der Waals surface area contributed by atoms with Crippen molar-refractivity contribution in [2.24, 2.45) is 5.73 Å². The number of aliphatic hydroxyl groups is 4. The van der Waals surface area contributed by atoms with E-state index in [2.05, 4.69) is 16.0 Å². The van der Waals surface area contributed by atoms with E-state index in [4.69, 9.17) is 43.6 Å².